The molecule has 3 heteroatoms. The molecule has 24 heavy (non-hydrogen) atoms. The summed E-state index contributed by atoms with van der Waals surface area (Å²) in [4.78, 5) is 17.6. The van der Waals surface area contributed by atoms with Gasteiger partial charge in [0.2, 0.25) is 0 Å². The molecule has 2 aromatic carbocycles. The molecule has 0 saturated carbocycles. The average Bonchev–Trinajstić information content (AvgIpc) is 2.54. The molecule has 0 N–H and O–H groups in total. The third-order valence-corrected chi connectivity index (χ3v) is 4.56. The molecule has 0 saturated heterocycles. The first-order valence-corrected chi connectivity index (χ1v) is 8.95. The molecule has 0 aliphatic heterocycles. The van der Waals surface area contributed by atoms with Gasteiger partial charge in [0.25, 0.3) is 0 Å². The van der Waals surface area contributed by atoms with Crippen molar-refractivity contribution < 1.29 is 4.79 Å². The summed E-state index contributed by atoms with van der Waals surface area (Å²) in [6.07, 6.45) is 0.530. The number of carbonyl (C=O) groups excluding carboxylic acids is 1. The molecule has 1 heterocycles. The summed E-state index contributed by atoms with van der Waals surface area (Å²) in [5.74, 6) is 0.481. The summed E-state index contributed by atoms with van der Waals surface area (Å²) in [5.41, 5.74) is 4.51. The van der Waals surface area contributed by atoms with E-state index in [-0.39, 0.29) is 5.78 Å². The Labute approximate surface area is 151 Å². The van der Waals surface area contributed by atoms with Crippen molar-refractivity contribution in [2.45, 2.75) is 27.2 Å². The molecule has 122 valence electrons. The van der Waals surface area contributed by atoms with Crippen LogP contribution < -0.4 is 0 Å². The van der Waals surface area contributed by atoms with Crippen LogP contribution in [0.2, 0.25) is 0 Å². The summed E-state index contributed by atoms with van der Waals surface area (Å²) in [7, 11) is 0. The van der Waals surface area contributed by atoms with Crippen LogP contribution in [0.3, 0.4) is 0 Å². The topological polar surface area (TPSA) is 30.0 Å². The zero-order valence-corrected chi connectivity index (χ0v) is 15.7. The van der Waals surface area contributed by atoms with Gasteiger partial charge in [-0.05, 0) is 36.6 Å². The summed E-state index contributed by atoms with van der Waals surface area (Å²) in [6.45, 7) is 6.07. The molecule has 0 bridgehead atoms. The molecule has 0 aliphatic rings. The predicted molar refractivity (Wildman–Crippen MR) is 103 cm³/mol. The standard InChI is InChI=1S/C21H20BrNO/c1-13(2)11-19(24)20-14(3)23-18-10-9-16(22)12-17(18)21(20)15-7-5-4-6-8-15/h4-10,12-13H,11H2,1-3H3. The minimum Gasteiger partial charge on any atom is -0.294 e. The zero-order chi connectivity index (χ0) is 17.3. The number of carbonyl (C=O) groups is 1. The highest BCUT2D eigenvalue weighted by Gasteiger charge is 2.21. The van der Waals surface area contributed by atoms with E-state index in [4.69, 9.17) is 0 Å². The Morgan fingerprint density at radius 1 is 1.12 bits per heavy atom. The second-order valence-corrected chi connectivity index (χ2v) is 7.41. The van der Waals surface area contributed by atoms with Gasteiger partial charge in [0.05, 0.1) is 5.52 Å². The number of ketones is 1. The van der Waals surface area contributed by atoms with E-state index in [1.54, 1.807) is 0 Å². The van der Waals surface area contributed by atoms with Gasteiger partial charge >= 0.3 is 0 Å². The first-order chi connectivity index (χ1) is 11.5. The fraction of sp³-hybridized carbons (Fsp3) is 0.238. The number of hydrogen-bond acceptors (Lipinski definition) is 2. The van der Waals surface area contributed by atoms with Crippen LogP contribution in [0.5, 0.6) is 0 Å². The summed E-state index contributed by atoms with van der Waals surface area (Å²) < 4.78 is 0.986. The molecular weight excluding hydrogens is 362 g/mol. The minimum absolute atomic E-state index is 0.163. The van der Waals surface area contributed by atoms with Gasteiger partial charge < -0.3 is 0 Å². The molecule has 0 unspecified atom stereocenters. The lowest BCUT2D eigenvalue weighted by Gasteiger charge is -2.16. The Morgan fingerprint density at radius 2 is 1.83 bits per heavy atom. The van der Waals surface area contributed by atoms with Crippen LogP contribution >= 0.6 is 15.9 Å². The summed E-state index contributed by atoms with van der Waals surface area (Å²) in [6, 6.07) is 16.1. The predicted octanol–water partition coefficient (Wildman–Crippen LogP) is 6.20. The highest BCUT2D eigenvalue weighted by atomic mass is 79.9. The van der Waals surface area contributed by atoms with E-state index in [0.717, 1.165) is 37.8 Å². The number of fused-ring (bicyclic) bond motifs is 1. The number of Topliss-reactive ketones (excluding diaryl/α,β-unsaturated/α-hetero) is 1. The monoisotopic (exact) mass is 381 g/mol. The number of halogens is 1. The number of aromatic nitrogens is 1. The first kappa shape index (κ1) is 16.8. The van der Waals surface area contributed by atoms with Crippen molar-refractivity contribution in [2.24, 2.45) is 5.92 Å². The minimum atomic E-state index is 0.163. The smallest absolute Gasteiger partial charge is 0.165 e. The highest BCUT2D eigenvalue weighted by molar-refractivity contribution is 9.10. The zero-order valence-electron chi connectivity index (χ0n) is 14.1. The Morgan fingerprint density at radius 3 is 2.50 bits per heavy atom. The number of rotatable bonds is 4. The van der Waals surface area contributed by atoms with Gasteiger partial charge in [0.1, 0.15) is 0 Å². The lowest BCUT2D eigenvalue weighted by molar-refractivity contribution is 0.0967. The number of aryl methyl sites for hydroxylation is 1. The van der Waals surface area contributed by atoms with Gasteiger partial charge in [-0.3, -0.25) is 9.78 Å². The maximum Gasteiger partial charge on any atom is 0.165 e. The Hall–Kier alpha value is -2.00. The van der Waals surface area contributed by atoms with E-state index in [2.05, 4.69) is 53.0 Å². The van der Waals surface area contributed by atoms with Crippen molar-refractivity contribution in [1.82, 2.24) is 4.98 Å². The van der Waals surface area contributed by atoms with Gasteiger partial charge in [-0.2, -0.15) is 0 Å². The molecule has 3 rings (SSSR count). The molecule has 0 amide bonds. The molecule has 0 aliphatic carbocycles. The second kappa shape index (κ2) is 6.86. The maximum atomic E-state index is 12.9. The van der Waals surface area contributed by atoms with Crippen LogP contribution in [0.4, 0.5) is 0 Å². The summed E-state index contributed by atoms with van der Waals surface area (Å²) in [5, 5.41) is 1.01. The highest BCUT2D eigenvalue weighted by Crippen LogP contribution is 2.35. The second-order valence-electron chi connectivity index (χ2n) is 6.50. The van der Waals surface area contributed by atoms with Crippen LogP contribution in [0.15, 0.2) is 53.0 Å². The Bertz CT molecular complexity index is 901. The van der Waals surface area contributed by atoms with Crippen molar-refractivity contribution in [3.05, 3.63) is 64.3 Å². The number of benzene rings is 2. The Kier molecular flexibility index (Phi) is 4.81. The Balaban J connectivity index is 2.37. The average molecular weight is 382 g/mol. The van der Waals surface area contributed by atoms with E-state index in [1.807, 2.05) is 37.3 Å². The third kappa shape index (κ3) is 3.27. The molecule has 2 nitrogen and oxygen atoms in total. The van der Waals surface area contributed by atoms with E-state index < -0.39 is 0 Å². The molecule has 0 radical (unpaired) electrons. The van der Waals surface area contributed by atoms with E-state index in [9.17, 15) is 4.79 Å². The molecule has 0 atom stereocenters. The van der Waals surface area contributed by atoms with E-state index in [1.165, 1.54) is 0 Å². The van der Waals surface area contributed by atoms with Crippen molar-refractivity contribution in [2.75, 3.05) is 0 Å². The fourth-order valence-corrected chi connectivity index (χ4v) is 3.44. The van der Waals surface area contributed by atoms with E-state index in [0.29, 0.717) is 12.3 Å². The number of hydrogen-bond donors (Lipinski definition) is 0. The van der Waals surface area contributed by atoms with Gasteiger partial charge in [-0.25, -0.2) is 0 Å². The van der Waals surface area contributed by atoms with Crippen molar-refractivity contribution in [1.29, 1.82) is 0 Å². The van der Waals surface area contributed by atoms with E-state index >= 15 is 0 Å². The van der Waals surface area contributed by atoms with Gasteiger partial charge in [0.15, 0.2) is 5.78 Å². The third-order valence-electron chi connectivity index (χ3n) is 4.06. The van der Waals surface area contributed by atoms with Crippen LogP contribution in [-0.2, 0) is 0 Å². The van der Waals surface area contributed by atoms with Crippen LogP contribution in [0.1, 0.15) is 36.3 Å². The fourth-order valence-electron chi connectivity index (χ4n) is 3.08. The molecule has 0 fully saturated rings. The SMILES string of the molecule is Cc1nc2ccc(Br)cc2c(-c2ccccc2)c1C(=O)CC(C)C. The number of nitrogens with zero attached hydrogens (tertiary/aromatic N) is 1. The van der Waals surface area contributed by atoms with Crippen molar-refractivity contribution in [3.8, 4) is 11.1 Å². The lowest BCUT2D eigenvalue weighted by atomic mass is 9.89. The van der Waals surface area contributed by atoms with Gasteiger partial charge in [0, 0.05) is 33.1 Å². The maximum absolute atomic E-state index is 12.9. The first-order valence-electron chi connectivity index (χ1n) is 8.16. The normalized spacial score (nSPS) is 11.2. The molecule has 1 aromatic heterocycles. The van der Waals surface area contributed by atoms with Gasteiger partial charge in [-0.1, -0.05) is 60.1 Å². The molecule has 3 aromatic rings. The van der Waals surface area contributed by atoms with Crippen molar-refractivity contribution >= 4 is 32.6 Å². The molecule has 0 spiro atoms. The lowest BCUT2D eigenvalue weighted by Crippen LogP contribution is -2.09. The van der Waals surface area contributed by atoms with Crippen LogP contribution in [-0.4, -0.2) is 10.8 Å². The quantitative estimate of drug-likeness (QED) is 0.503. The summed E-state index contributed by atoms with van der Waals surface area (Å²) >= 11 is 3.55. The number of pyridine rings is 1. The van der Waals surface area contributed by atoms with Crippen LogP contribution in [0.25, 0.3) is 22.0 Å². The van der Waals surface area contributed by atoms with Gasteiger partial charge in [-0.15, -0.1) is 0 Å². The largest absolute Gasteiger partial charge is 0.294 e. The van der Waals surface area contributed by atoms with Crippen molar-refractivity contribution in [3.63, 3.8) is 0 Å². The molecular formula is C21H20BrNO. The van der Waals surface area contributed by atoms with Crippen LogP contribution in [0, 0.1) is 12.8 Å².